The summed E-state index contributed by atoms with van der Waals surface area (Å²) in [5.41, 5.74) is -1.10. The number of hydrogen-bond donors (Lipinski definition) is 1. The maximum absolute atomic E-state index is 15.1. The van der Waals surface area contributed by atoms with Crippen molar-refractivity contribution >= 4 is 11.6 Å². The lowest BCUT2D eigenvalue weighted by molar-refractivity contribution is -0.572. The molecule has 1 aromatic rings. The minimum absolute atomic E-state index is 0.149. The van der Waals surface area contributed by atoms with Crippen molar-refractivity contribution < 1.29 is 84.2 Å². The van der Waals surface area contributed by atoms with Gasteiger partial charge < -0.3 is 10.1 Å². The Morgan fingerprint density at radius 3 is 1.37 bits per heavy atom. The first-order valence-electron chi connectivity index (χ1n) is 8.94. The highest BCUT2D eigenvalue weighted by Gasteiger charge is 2.96. The third-order valence-corrected chi connectivity index (χ3v) is 4.80. The molecule has 1 heterocycles. The standard InChI is InChI=1S/C16H8F17N3O2/c1-38-7-4-2-6(3-5-7)34-8(37)9(17,10(18,19)20)35-13(26,27)15(30,31)36(12(24,25)11(21,22)23)16(32,33)14(35,28)29/h2-5H,1H3,(H,34,37). The predicted molar refractivity (Wildman–Crippen MR) is 86.0 cm³/mol. The van der Waals surface area contributed by atoms with Crippen LogP contribution in [-0.2, 0) is 4.79 Å². The first-order valence-corrected chi connectivity index (χ1v) is 8.94. The van der Waals surface area contributed by atoms with Crippen LogP contribution in [0.15, 0.2) is 24.3 Å². The van der Waals surface area contributed by atoms with Crippen LogP contribution in [0, 0.1) is 0 Å². The van der Waals surface area contributed by atoms with Gasteiger partial charge in [-0.15, -0.1) is 4.90 Å². The van der Waals surface area contributed by atoms with Gasteiger partial charge in [0.15, 0.2) is 0 Å². The molecule has 1 saturated heterocycles. The Morgan fingerprint density at radius 1 is 0.684 bits per heavy atom. The zero-order valence-corrected chi connectivity index (χ0v) is 17.4. The summed E-state index contributed by atoms with van der Waals surface area (Å²) in [6.45, 7) is 0. The Hall–Kier alpha value is -2.78. The van der Waals surface area contributed by atoms with Gasteiger partial charge in [-0.05, 0) is 24.3 Å². The van der Waals surface area contributed by atoms with Gasteiger partial charge in [0.05, 0.1) is 7.11 Å². The Kier molecular flexibility index (Phi) is 7.12. The molecule has 1 atom stereocenters. The normalized spacial score (nSPS) is 23.4. The van der Waals surface area contributed by atoms with Crippen molar-refractivity contribution in [3.63, 3.8) is 0 Å². The zero-order chi connectivity index (χ0) is 30.1. The molecule has 1 aliphatic heterocycles. The van der Waals surface area contributed by atoms with Crippen molar-refractivity contribution in [2.75, 3.05) is 12.4 Å². The molecule has 1 aromatic carbocycles. The lowest BCUT2D eigenvalue weighted by atomic mass is 10.0. The lowest BCUT2D eigenvalue weighted by Gasteiger charge is -2.56. The fourth-order valence-corrected chi connectivity index (χ4v) is 3.00. The molecule has 0 saturated carbocycles. The molecule has 5 nitrogen and oxygen atoms in total. The number of alkyl halides is 17. The number of rotatable bonds is 5. The fraction of sp³-hybridized carbons (Fsp3) is 0.562. The van der Waals surface area contributed by atoms with Crippen LogP contribution in [0.3, 0.4) is 0 Å². The summed E-state index contributed by atoms with van der Waals surface area (Å²) in [5, 5.41) is 0.704. The minimum atomic E-state index is -8.06. The van der Waals surface area contributed by atoms with Gasteiger partial charge in [-0.1, -0.05) is 4.90 Å². The first kappa shape index (κ1) is 31.4. The highest BCUT2D eigenvalue weighted by molar-refractivity contribution is 5.97. The fourth-order valence-electron chi connectivity index (χ4n) is 3.00. The van der Waals surface area contributed by atoms with E-state index < -0.39 is 69.8 Å². The van der Waals surface area contributed by atoms with Gasteiger partial charge in [0.25, 0.3) is 5.91 Å². The number of nitrogens with zero attached hydrogens (tertiary/aromatic N) is 2. The summed E-state index contributed by atoms with van der Waals surface area (Å²) in [4.78, 5) is 3.49. The number of methoxy groups -OCH3 is 1. The van der Waals surface area contributed by atoms with Crippen LogP contribution >= 0.6 is 0 Å². The van der Waals surface area contributed by atoms with E-state index in [1.807, 2.05) is 0 Å². The molecule has 218 valence electrons. The van der Waals surface area contributed by atoms with Gasteiger partial charge in [-0.3, -0.25) is 4.79 Å². The molecule has 0 bridgehead atoms. The Bertz CT molecular complexity index is 1020. The van der Waals surface area contributed by atoms with E-state index in [2.05, 4.69) is 4.74 Å². The van der Waals surface area contributed by atoms with E-state index in [0.717, 1.165) is 19.2 Å². The summed E-state index contributed by atoms with van der Waals surface area (Å²) in [5.74, 6) is -11.3. The van der Waals surface area contributed by atoms with Crippen LogP contribution in [0.4, 0.5) is 80.3 Å². The predicted octanol–water partition coefficient (Wildman–Crippen LogP) is 6.01. The Morgan fingerprint density at radius 2 is 1.05 bits per heavy atom. The number of nitrogens with one attached hydrogen (secondary N) is 1. The monoisotopic (exact) mass is 597 g/mol. The first-order chi connectivity index (χ1) is 16.7. The summed E-state index contributed by atoms with van der Waals surface area (Å²) < 4.78 is 238. The number of benzene rings is 1. The zero-order valence-electron chi connectivity index (χ0n) is 17.4. The molecule has 0 aliphatic carbocycles. The summed E-state index contributed by atoms with van der Waals surface area (Å²) >= 11 is 0. The second-order valence-corrected chi connectivity index (χ2v) is 7.18. The van der Waals surface area contributed by atoms with Crippen molar-refractivity contribution in [1.29, 1.82) is 0 Å². The van der Waals surface area contributed by atoms with Crippen molar-refractivity contribution in [1.82, 2.24) is 9.80 Å². The average Bonchev–Trinajstić information content (AvgIpc) is 2.70. The number of ether oxygens (including phenoxy) is 1. The number of hydrogen-bond acceptors (Lipinski definition) is 4. The van der Waals surface area contributed by atoms with Gasteiger partial charge in [-0.25, -0.2) is 4.39 Å². The van der Waals surface area contributed by atoms with Crippen LogP contribution in [0.25, 0.3) is 0 Å². The molecule has 2 rings (SSSR count). The molecule has 1 aliphatic rings. The lowest BCUT2D eigenvalue weighted by Crippen LogP contribution is -2.89. The third kappa shape index (κ3) is 4.14. The second kappa shape index (κ2) is 8.61. The van der Waals surface area contributed by atoms with Gasteiger partial charge in [0.1, 0.15) is 5.75 Å². The quantitative estimate of drug-likeness (QED) is 0.334. The smallest absolute Gasteiger partial charge is 0.469 e. The van der Waals surface area contributed by atoms with Gasteiger partial charge >= 0.3 is 48.4 Å². The minimum Gasteiger partial charge on any atom is -0.497 e. The number of amides is 1. The summed E-state index contributed by atoms with van der Waals surface area (Å²) in [6, 6.07) is -37.7. The van der Waals surface area contributed by atoms with Crippen LogP contribution in [0.2, 0.25) is 0 Å². The molecule has 22 heteroatoms. The summed E-state index contributed by atoms with van der Waals surface area (Å²) in [6.07, 6.45) is -15.3. The van der Waals surface area contributed by atoms with Crippen molar-refractivity contribution in [2.45, 2.75) is 48.4 Å². The van der Waals surface area contributed by atoms with Crippen molar-refractivity contribution in [3.8, 4) is 5.75 Å². The van der Waals surface area contributed by atoms with E-state index in [-0.39, 0.29) is 5.75 Å². The number of halogens is 17. The van der Waals surface area contributed by atoms with Crippen LogP contribution < -0.4 is 10.1 Å². The van der Waals surface area contributed by atoms with E-state index in [4.69, 9.17) is 0 Å². The Balaban J connectivity index is 2.84. The number of piperazine rings is 1. The van der Waals surface area contributed by atoms with E-state index in [1.54, 1.807) is 0 Å². The molecule has 38 heavy (non-hydrogen) atoms. The Labute approximate surface area is 197 Å². The maximum Gasteiger partial charge on any atom is 0.469 e. The van der Waals surface area contributed by atoms with Crippen LogP contribution in [-0.4, -0.2) is 71.2 Å². The van der Waals surface area contributed by atoms with Crippen molar-refractivity contribution in [3.05, 3.63) is 24.3 Å². The van der Waals surface area contributed by atoms with E-state index >= 15 is 4.39 Å². The topological polar surface area (TPSA) is 44.8 Å². The van der Waals surface area contributed by atoms with E-state index in [9.17, 15) is 75.0 Å². The highest BCUT2D eigenvalue weighted by Crippen LogP contribution is 2.65. The van der Waals surface area contributed by atoms with E-state index in [0.29, 0.717) is 17.4 Å². The van der Waals surface area contributed by atoms with Gasteiger partial charge in [0.2, 0.25) is 0 Å². The van der Waals surface area contributed by atoms with E-state index in [1.165, 1.54) is 0 Å². The highest BCUT2D eigenvalue weighted by atomic mass is 19.4. The molecular formula is C16H8F17N3O2. The number of carbonyl (C=O) groups is 1. The molecule has 0 radical (unpaired) electrons. The van der Waals surface area contributed by atoms with Crippen molar-refractivity contribution in [2.24, 2.45) is 0 Å². The largest absolute Gasteiger partial charge is 0.497 e. The maximum atomic E-state index is 15.1. The third-order valence-electron chi connectivity index (χ3n) is 4.80. The second-order valence-electron chi connectivity index (χ2n) is 7.18. The molecule has 0 spiro atoms. The number of anilines is 1. The molecule has 1 fully saturated rings. The van der Waals surface area contributed by atoms with Crippen LogP contribution in [0.5, 0.6) is 5.75 Å². The molecule has 1 unspecified atom stereocenters. The molecule has 1 amide bonds. The molecule has 0 aromatic heterocycles. The van der Waals surface area contributed by atoms with Gasteiger partial charge in [0, 0.05) is 5.69 Å². The average molecular weight is 597 g/mol. The number of carbonyl (C=O) groups excluding carboxylic acids is 1. The SMILES string of the molecule is COc1ccc(NC(=O)C(F)(N2C(F)(F)C(F)(F)N(C(F)(F)C(F)(F)F)C(F)(F)C2(F)F)C(F)(F)F)cc1. The summed E-state index contributed by atoms with van der Waals surface area (Å²) in [7, 11) is 1.01. The molecule has 1 N–H and O–H groups in total. The van der Waals surface area contributed by atoms with Crippen LogP contribution in [0.1, 0.15) is 0 Å². The van der Waals surface area contributed by atoms with Gasteiger partial charge in [-0.2, -0.15) is 70.2 Å². The molecular weight excluding hydrogens is 589 g/mol.